The maximum absolute atomic E-state index is 13.8. The van der Waals surface area contributed by atoms with Crippen molar-refractivity contribution in [1.82, 2.24) is 9.97 Å². The molecule has 0 fully saturated rings. The first-order chi connectivity index (χ1) is 20.3. The van der Waals surface area contributed by atoms with Gasteiger partial charge in [0.2, 0.25) is 0 Å². The molecule has 0 saturated carbocycles. The van der Waals surface area contributed by atoms with Crippen molar-refractivity contribution in [2.24, 2.45) is 0 Å². The van der Waals surface area contributed by atoms with E-state index in [2.05, 4.69) is 9.97 Å². The minimum atomic E-state index is -0.396. The number of nitrogens with zero attached hydrogens (tertiary/aromatic N) is 2. The van der Waals surface area contributed by atoms with Crippen molar-refractivity contribution in [3.05, 3.63) is 142 Å². The van der Waals surface area contributed by atoms with Gasteiger partial charge < -0.3 is 9.47 Å². The van der Waals surface area contributed by atoms with E-state index in [1.54, 1.807) is 85.2 Å². The summed E-state index contributed by atoms with van der Waals surface area (Å²) in [6, 6.07) is 27.6. The van der Waals surface area contributed by atoms with Crippen molar-refractivity contribution in [3.63, 3.8) is 0 Å². The van der Waals surface area contributed by atoms with Crippen molar-refractivity contribution in [2.45, 2.75) is 26.1 Å². The van der Waals surface area contributed by atoms with Crippen LogP contribution in [-0.4, -0.2) is 9.97 Å². The molecule has 0 N–H and O–H groups in total. The summed E-state index contributed by atoms with van der Waals surface area (Å²) >= 11 is 11.9. The van der Waals surface area contributed by atoms with Gasteiger partial charge in [0.1, 0.15) is 35.3 Å². The van der Waals surface area contributed by atoms with Crippen molar-refractivity contribution in [1.29, 1.82) is 0 Å². The van der Waals surface area contributed by atoms with Gasteiger partial charge in [0.25, 0.3) is 0 Å². The molecule has 212 valence electrons. The minimum Gasteiger partial charge on any atom is -0.485 e. The zero-order valence-corrected chi connectivity index (χ0v) is 24.3. The second-order valence-corrected chi connectivity index (χ2v) is 10.4. The molecular formula is C34H26Cl2F2N2O2. The number of rotatable bonds is 6. The zero-order valence-electron chi connectivity index (χ0n) is 22.8. The van der Waals surface area contributed by atoms with Gasteiger partial charge in [0.15, 0.2) is 0 Å². The molecule has 6 aromatic rings. The molecule has 0 spiro atoms. The van der Waals surface area contributed by atoms with Crippen molar-refractivity contribution < 1.29 is 18.3 Å². The Hall–Kier alpha value is -4.26. The van der Waals surface area contributed by atoms with Crippen LogP contribution in [0.1, 0.15) is 37.2 Å². The highest BCUT2D eigenvalue weighted by molar-refractivity contribution is 6.31. The fourth-order valence-electron chi connectivity index (χ4n) is 4.51. The molecule has 0 aliphatic carbocycles. The first kappa shape index (κ1) is 29.2. The van der Waals surface area contributed by atoms with Gasteiger partial charge in [-0.1, -0.05) is 59.6 Å². The molecule has 0 radical (unpaired) electrons. The molecule has 0 unspecified atom stereocenters. The summed E-state index contributed by atoms with van der Waals surface area (Å²) in [7, 11) is 0. The van der Waals surface area contributed by atoms with Gasteiger partial charge in [-0.15, -0.1) is 0 Å². The largest absolute Gasteiger partial charge is 0.485 e. The summed E-state index contributed by atoms with van der Waals surface area (Å²) in [5.74, 6) is 0.776. The van der Waals surface area contributed by atoms with Crippen LogP contribution in [0.3, 0.4) is 0 Å². The maximum atomic E-state index is 13.8. The standard InChI is InChI=1S/2C17H13ClFNO/c2*1-11(13-4-2-3-5-15(13)19)21-17-8-9-20-16-10-12(18)6-7-14(16)17/h2*2-11H,1H3/t2*11-/m10/s1. The topological polar surface area (TPSA) is 44.2 Å². The van der Waals surface area contributed by atoms with Crippen molar-refractivity contribution in [2.75, 3.05) is 0 Å². The van der Waals surface area contributed by atoms with E-state index in [4.69, 9.17) is 32.7 Å². The molecule has 0 bridgehead atoms. The molecule has 0 aliphatic heterocycles. The Balaban J connectivity index is 0.000000168. The van der Waals surface area contributed by atoms with E-state index in [0.29, 0.717) is 32.7 Å². The average Bonchev–Trinajstić information content (AvgIpc) is 2.98. The van der Waals surface area contributed by atoms with Gasteiger partial charge in [-0.2, -0.15) is 0 Å². The predicted molar refractivity (Wildman–Crippen MR) is 164 cm³/mol. The van der Waals surface area contributed by atoms with Crippen LogP contribution in [-0.2, 0) is 0 Å². The van der Waals surface area contributed by atoms with Crippen LogP contribution in [0, 0.1) is 11.6 Å². The summed E-state index contributed by atoms with van der Waals surface area (Å²) in [5.41, 5.74) is 2.55. The van der Waals surface area contributed by atoms with Gasteiger partial charge >= 0.3 is 0 Å². The lowest BCUT2D eigenvalue weighted by Crippen LogP contribution is -2.05. The molecule has 0 saturated heterocycles. The molecule has 0 aliphatic rings. The monoisotopic (exact) mass is 602 g/mol. The summed E-state index contributed by atoms with van der Waals surface area (Å²) in [5, 5.41) is 2.94. The van der Waals surface area contributed by atoms with Crippen LogP contribution in [0.5, 0.6) is 11.5 Å². The molecule has 0 amide bonds. The van der Waals surface area contributed by atoms with E-state index in [0.717, 1.165) is 21.8 Å². The third-order valence-electron chi connectivity index (χ3n) is 6.62. The van der Waals surface area contributed by atoms with Crippen LogP contribution >= 0.6 is 23.2 Å². The number of fused-ring (bicyclic) bond motifs is 2. The van der Waals surface area contributed by atoms with E-state index in [9.17, 15) is 8.78 Å². The second-order valence-electron chi connectivity index (χ2n) is 9.50. The van der Waals surface area contributed by atoms with Crippen molar-refractivity contribution in [3.8, 4) is 11.5 Å². The number of aromatic nitrogens is 2. The summed E-state index contributed by atoms with van der Waals surface area (Å²) in [4.78, 5) is 8.52. The van der Waals surface area contributed by atoms with Crippen LogP contribution in [0.4, 0.5) is 8.78 Å². The number of benzene rings is 4. The predicted octanol–water partition coefficient (Wildman–Crippen LogP) is 10.3. The van der Waals surface area contributed by atoms with Crippen LogP contribution in [0.25, 0.3) is 21.8 Å². The van der Waals surface area contributed by atoms with E-state index in [1.165, 1.54) is 12.1 Å². The van der Waals surface area contributed by atoms with E-state index < -0.39 is 12.2 Å². The highest BCUT2D eigenvalue weighted by atomic mass is 35.5. The highest BCUT2D eigenvalue weighted by Gasteiger charge is 2.15. The molecule has 4 aromatic carbocycles. The molecule has 2 aromatic heterocycles. The Morgan fingerprint density at radius 2 is 0.976 bits per heavy atom. The first-order valence-electron chi connectivity index (χ1n) is 13.2. The molecule has 2 atom stereocenters. The molecule has 42 heavy (non-hydrogen) atoms. The summed E-state index contributed by atoms with van der Waals surface area (Å²) in [6.45, 7) is 3.64. The van der Waals surface area contributed by atoms with Crippen LogP contribution < -0.4 is 9.47 Å². The molecule has 2 heterocycles. The Bertz CT molecular complexity index is 1720. The second kappa shape index (κ2) is 13.1. The van der Waals surface area contributed by atoms with Crippen LogP contribution in [0.2, 0.25) is 10.0 Å². The Morgan fingerprint density at radius 1 is 0.571 bits per heavy atom. The molecule has 6 rings (SSSR count). The number of halogens is 4. The van der Waals surface area contributed by atoms with E-state index in [-0.39, 0.29) is 11.6 Å². The minimum absolute atomic E-state index is 0.272. The summed E-state index contributed by atoms with van der Waals surface area (Å²) in [6.07, 6.45) is 2.52. The highest BCUT2D eigenvalue weighted by Crippen LogP contribution is 2.32. The fourth-order valence-corrected chi connectivity index (χ4v) is 4.85. The van der Waals surface area contributed by atoms with Crippen molar-refractivity contribution >= 4 is 45.0 Å². The third kappa shape index (κ3) is 6.78. The fraction of sp³-hybridized carbons (Fsp3) is 0.118. The smallest absolute Gasteiger partial charge is 0.131 e. The van der Waals surface area contributed by atoms with Gasteiger partial charge in [-0.3, -0.25) is 9.97 Å². The number of pyridine rings is 2. The molecule has 8 heteroatoms. The number of hydrogen-bond acceptors (Lipinski definition) is 4. The van der Waals surface area contributed by atoms with Gasteiger partial charge in [-0.05, 0) is 74.5 Å². The quantitative estimate of drug-likeness (QED) is 0.190. The lowest BCUT2D eigenvalue weighted by Gasteiger charge is -2.17. The first-order valence-corrected chi connectivity index (χ1v) is 14.0. The zero-order chi connectivity index (χ0) is 29.6. The van der Waals surface area contributed by atoms with E-state index >= 15 is 0 Å². The Labute approximate surface area is 252 Å². The summed E-state index contributed by atoms with van der Waals surface area (Å²) < 4.78 is 39.4. The third-order valence-corrected chi connectivity index (χ3v) is 7.09. The number of ether oxygens (including phenoxy) is 2. The van der Waals surface area contributed by atoms with Gasteiger partial charge in [0.05, 0.1) is 11.0 Å². The SMILES string of the molecule is C[C@@H](Oc1ccnc2cc(Cl)ccc12)c1ccccc1F.C[C@H](Oc1ccnc2cc(Cl)ccc12)c1ccccc1F. The molecule has 4 nitrogen and oxygen atoms in total. The Kier molecular flexibility index (Phi) is 9.15. The average molecular weight is 603 g/mol. The normalized spacial score (nSPS) is 12.3. The lowest BCUT2D eigenvalue weighted by molar-refractivity contribution is 0.224. The lowest BCUT2D eigenvalue weighted by atomic mass is 10.1. The molecular weight excluding hydrogens is 577 g/mol. The van der Waals surface area contributed by atoms with E-state index in [1.807, 2.05) is 26.0 Å². The maximum Gasteiger partial charge on any atom is 0.131 e. The van der Waals surface area contributed by atoms with Gasteiger partial charge in [-0.25, -0.2) is 8.78 Å². The number of hydrogen-bond donors (Lipinski definition) is 0. The Morgan fingerprint density at radius 3 is 1.38 bits per heavy atom. The van der Waals surface area contributed by atoms with Gasteiger partial charge in [0, 0.05) is 44.3 Å². The van der Waals surface area contributed by atoms with Crippen LogP contribution in [0.15, 0.2) is 109 Å².